The van der Waals surface area contributed by atoms with E-state index < -0.39 is 17.6 Å². The number of carbonyl (C=O) groups excluding carboxylic acids is 2. The zero-order valence-electron chi connectivity index (χ0n) is 13.2. The van der Waals surface area contributed by atoms with E-state index in [1.165, 1.54) is 24.3 Å². The number of benzene rings is 1. The van der Waals surface area contributed by atoms with Crippen LogP contribution in [0.4, 0.5) is 10.1 Å². The van der Waals surface area contributed by atoms with E-state index in [-0.39, 0.29) is 18.2 Å². The molecule has 1 spiro atoms. The van der Waals surface area contributed by atoms with Crippen molar-refractivity contribution in [1.29, 1.82) is 0 Å². The van der Waals surface area contributed by atoms with Crippen molar-refractivity contribution in [2.75, 3.05) is 31.2 Å². The number of anilines is 1. The minimum Gasteiger partial charge on any atom is -0.347 e. The molecule has 1 aromatic carbocycles. The van der Waals surface area contributed by atoms with Crippen LogP contribution in [0.25, 0.3) is 0 Å². The van der Waals surface area contributed by atoms with Crippen LogP contribution in [0.15, 0.2) is 24.3 Å². The van der Waals surface area contributed by atoms with Gasteiger partial charge in [0.05, 0.1) is 31.4 Å². The molecule has 0 N–H and O–H groups in total. The molecule has 0 aliphatic carbocycles. The second-order valence-electron chi connectivity index (χ2n) is 6.41. The number of halogens is 1. The quantitative estimate of drug-likeness (QED) is 0.763. The highest BCUT2D eigenvalue weighted by atomic mass is 19.1. The monoisotopic (exact) mass is 334 g/mol. The van der Waals surface area contributed by atoms with E-state index in [1.54, 1.807) is 0 Å². The van der Waals surface area contributed by atoms with Gasteiger partial charge in [-0.05, 0) is 24.3 Å². The van der Waals surface area contributed by atoms with Crippen LogP contribution in [-0.2, 0) is 19.1 Å². The van der Waals surface area contributed by atoms with Crippen molar-refractivity contribution in [3.05, 3.63) is 30.1 Å². The van der Waals surface area contributed by atoms with Crippen LogP contribution in [0.3, 0.4) is 0 Å². The molecule has 3 aliphatic rings. The zero-order chi connectivity index (χ0) is 16.7. The molecule has 6 nitrogen and oxygen atoms in total. The molecule has 3 saturated heterocycles. The lowest BCUT2D eigenvalue weighted by Crippen LogP contribution is -2.51. The topological polar surface area (TPSA) is 59.1 Å². The van der Waals surface area contributed by atoms with E-state index >= 15 is 0 Å². The molecule has 128 valence electrons. The second kappa shape index (κ2) is 5.91. The number of hydrogen-bond donors (Lipinski definition) is 0. The smallest absolute Gasteiger partial charge is 0.251 e. The van der Waals surface area contributed by atoms with E-state index in [0.29, 0.717) is 44.8 Å². The number of hydrogen-bond acceptors (Lipinski definition) is 5. The number of carbonyl (C=O) groups is 2. The first-order valence-corrected chi connectivity index (χ1v) is 8.22. The molecule has 0 bridgehead atoms. The van der Waals surface area contributed by atoms with Crippen LogP contribution in [0.2, 0.25) is 0 Å². The minimum atomic E-state index is -0.501. The molecule has 1 aromatic rings. The van der Waals surface area contributed by atoms with Gasteiger partial charge in [0.2, 0.25) is 5.91 Å². The Morgan fingerprint density at radius 1 is 1.04 bits per heavy atom. The second-order valence-corrected chi connectivity index (χ2v) is 6.41. The van der Waals surface area contributed by atoms with Gasteiger partial charge in [0.15, 0.2) is 5.79 Å². The van der Waals surface area contributed by atoms with Crippen LogP contribution >= 0.6 is 0 Å². The van der Waals surface area contributed by atoms with Gasteiger partial charge < -0.3 is 9.47 Å². The van der Waals surface area contributed by atoms with Gasteiger partial charge in [-0.3, -0.25) is 14.5 Å². The highest BCUT2D eigenvalue weighted by Crippen LogP contribution is 2.34. The summed E-state index contributed by atoms with van der Waals surface area (Å²) in [5.74, 6) is -1.38. The molecule has 7 heteroatoms. The van der Waals surface area contributed by atoms with Crippen molar-refractivity contribution < 1.29 is 23.5 Å². The molecule has 2 amide bonds. The van der Waals surface area contributed by atoms with Gasteiger partial charge in [0.1, 0.15) is 5.82 Å². The molecule has 3 heterocycles. The number of ether oxygens (including phenoxy) is 2. The summed E-state index contributed by atoms with van der Waals surface area (Å²) < 4.78 is 24.5. The predicted molar refractivity (Wildman–Crippen MR) is 82.7 cm³/mol. The Hall–Kier alpha value is -1.83. The summed E-state index contributed by atoms with van der Waals surface area (Å²) in [5.41, 5.74) is 0.421. The number of nitrogens with zero attached hydrogens (tertiary/aromatic N) is 2. The Balaban J connectivity index is 1.47. The van der Waals surface area contributed by atoms with Gasteiger partial charge in [0, 0.05) is 25.9 Å². The van der Waals surface area contributed by atoms with Crippen molar-refractivity contribution in [3.63, 3.8) is 0 Å². The molecule has 1 atom stereocenters. The molecular formula is C17H19FN2O4. The molecule has 3 fully saturated rings. The summed E-state index contributed by atoms with van der Waals surface area (Å²) in [6.45, 7) is 2.53. The number of imide groups is 1. The van der Waals surface area contributed by atoms with Gasteiger partial charge in [-0.25, -0.2) is 9.29 Å². The number of amides is 2. The highest BCUT2D eigenvalue weighted by Gasteiger charge is 2.47. The van der Waals surface area contributed by atoms with Crippen LogP contribution in [0, 0.1) is 5.82 Å². The standard InChI is InChI=1S/C17H19FN2O4/c18-12-1-3-13(4-2-12)20-15(21)11-14(16(20)22)19-7-5-17(6-8-19)23-9-10-24-17/h1-4,14H,5-11H2. The molecule has 1 unspecified atom stereocenters. The van der Waals surface area contributed by atoms with Crippen molar-refractivity contribution in [1.82, 2.24) is 4.90 Å². The van der Waals surface area contributed by atoms with Gasteiger partial charge in [-0.15, -0.1) is 0 Å². The third-order valence-electron chi connectivity index (χ3n) is 5.02. The van der Waals surface area contributed by atoms with Crippen LogP contribution in [0.5, 0.6) is 0 Å². The summed E-state index contributed by atoms with van der Waals surface area (Å²) in [6, 6.07) is 4.96. The SMILES string of the molecule is O=C1CC(N2CCC3(CC2)OCCO3)C(=O)N1c1ccc(F)cc1. The first-order valence-electron chi connectivity index (χ1n) is 8.22. The lowest BCUT2D eigenvalue weighted by Gasteiger charge is -2.39. The summed E-state index contributed by atoms with van der Waals surface area (Å²) in [5, 5.41) is 0. The molecule has 0 saturated carbocycles. The number of piperidine rings is 1. The maximum Gasteiger partial charge on any atom is 0.251 e. The van der Waals surface area contributed by atoms with Crippen molar-refractivity contribution in [2.24, 2.45) is 0 Å². The minimum absolute atomic E-state index is 0.158. The molecule has 0 radical (unpaired) electrons. The summed E-state index contributed by atoms with van der Waals surface area (Å²) in [7, 11) is 0. The first kappa shape index (κ1) is 15.7. The first-order chi connectivity index (χ1) is 11.6. The van der Waals surface area contributed by atoms with Crippen molar-refractivity contribution >= 4 is 17.5 Å². The number of rotatable bonds is 2. The van der Waals surface area contributed by atoms with Crippen LogP contribution < -0.4 is 4.90 Å². The van der Waals surface area contributed by atoms with Gasteiger partial charge >= 0.3 is 0 Å². The van der Waals surface area contributed by atoms with Crippen LogP contribution in [0.1, 0.15) is 19.3 Å². The average Bonchev–Trinajstić information content (AvgIpc) is 3.15. The Kier molecular flexibility index (Phi) is 3.86. The molecule has 24 heavy (non-hydrogen) atoms. The predicted octanol–water partition coefficient (Wildman–Crippen LogP) is 1.30. The van der Waals surface area contributed by atoms with E-state index in [4.69, 9.17) is 9.47 Å². The zero-order valence-corrected chi connectivity index (χ0v) is 13.2. The average molecular weight is 334 g/mol. The van der Waals surface area contributed by atoms with Crippen LogP contribution in [-0.4, -0.2) is 54.8 Å². The third-order valence-corrected chi connectivity index (χ3v) is 5.02. The summed E-state index contributed by atoms with van der Waals surface area (Å²) >= 11 is 0. The van der Waals surface area contributed by atoms with E-state index in [2.05, 4.69) is 0 Å². The van der Waals surface area contributed by atoms with E-state index in [1.807, 2.05) is 4.90 Å². The normalized spacial score (nSPS) is 27.4. The largest absolute Gasteiger partial charge is 0.347 e. The molecule has 4 rings (SSSR count). The third kappa shape index (κ3) is 2.62. The Morgan fingerprint density at radius 2 is 1.67 bits per heavy atom. The van der Waals surface area contributed by atoms with Crippen molar-refractivity contribution in [2.45, 2.75) is 31.1 Å². The Labute approximate surface area is 139 Å². The van der Waals surface area contributed by atoms with Gasteiger partial charge in [-0.1, -0.05) is 0 Å². The molecule has 3 aliphatic heterocycles. The summed E-state index contributed by atoms with van der Waals surface area (Å²) in [4.78, 5) is 28.2. The summed E-state index contributed by atoms with van der Waals surface area (Å²) in [6.07, 6.45) is 1.55. The van der Waals surface area contributed by atoms with Gasteiger partial charge in [-0.2, -0.15) is 0 Å². The van der Waals surface area contributed by atoms with Crippen molar-refractivity contribution in [3.8, 4) is 0 Å². The van der Waals surface area contributed by atoms with Gasteiger partial charge in [0.25, 0.3) is 5.91 Å². The van der Waals surface area contributed by atoms with E-state index in [9.17, 15) is 14.0 Å². The Bertz CT molecular complexity index is 647. The lowest BCUT2D eigenvalue weighted by atomic mass is 10.0. The lowest BCUT2D eigenvalue weighted by molar-refractivity contribution is -0.188. The Morgan fingerprint density at radius 3 is 2.29 bits per heavy atom. The maximum atomic E-state index is 13.1. The fourth-order valence-electron chi connectivity index (χ4n) is 3.72. The maximum absolute atomic E-state index is 13.1. The fourth-order valence-corrected chi connectivity index (χ4v) is 3.72. The highest BCUT2D eigenvalue weighted by molar-refractivity contribution is 6.22. The van der Waals surface area contributed by atoms with E-state index in [0.717, 1.165) is 4.90 Å². The molecular weight excluding hydrogens is 315 g/mol. The molecule has 0 aromatic heterocycles. The fraction of sp³-hybridized carbons (Fsp3) is 0.529. The number of likely N-dealkylation sites (tertiary alicyclic amines) is 1.